The maximum Gasteiger partial charge on any atom is 0.490 e. The summed E-state index contributed by atoms with van der Waals surface area (Å²) < 4.78 is 43.3. The van der Waals surface area contributed by atoms with Crippen LogP contribution in [-0.2, 0) is 4.79 Å². The quantitative estimate of drug-likeness (QED) is 0.388. The van der Waals surface area contributed by atoms with Crippen molar-refractivity contribution in [2.45, 2.75) is 24.8 Å². The van der Waals surface area contributed by atoms with Gasteiger partial charge in [0.1, 0.15) is 30.3 Å². The van der Waals surface area contributed by atoms with Crippen molar-refractivity contribution in [3.05, 3.63) is 52.5 Å². The zero-order valence-electron chi connectivity index (χ0n) is 18.7. The van der Waals surface area contributed by atoms with E-state index in [2.05, 4.69) is 10.2 Å². The first-order valence-electron chi connectivity index (χ1n) is 10.4. The Hall–Kier alpha value is -2.93. The number of carboxylic acid groups (broad SMARTS) is 1. The van der Waals surface area contributed by atoms with Gasteiger partial charge in [-0.1, -0.05) is 23.2 Å². The Kier molecular flexibility index (Phi) is 10.9. The number of nitrogens with zero attached hydrogens (tertiary/aromatic N) is 1. The fraction of sp³-hybridized carbons (Fsp3) is 0.364. The van der Waals surface area contributed by atoms with Gasteiger partial charge < -0.3 is 30.7 Å². The highest BCUT2D eigenvalue weighted by Crippen LogP contribution is 2.28. The molecule has 0 aliphatic carbocycles. The average Bonchev–Trinajstić information content (AvgIpc) is 3.20. The van der Waals surface area contributed by atoms with Crippen LogP contribution >= 0.6 is 23.2 Å². The number of ether oxygens (including phenoxy) is 2. The maximum absolute atomic E-state index is 11.1. The minimum atomic E-state index is -5.08. The average molecular weight is 554 g/mol. The number of benzene rings is 2. The van der Waals surface area contributed by atoms with Gasteiger partial charge in [0.05, 0.1) is 5.69 Å². The predicted octanol–water partition coefficient (Wildman–Crippen LogP) is 4.01. The van der Waals surface area contributed by atoms with Crippen molar-refractivity contribution in [2.24, 2.45) is 5.73 Å². The number of primary amides is 1. The molecule has 14 heteroatoms. The van der Waals surface area contributed by atoms with Crippen LogP contribution in [0.2, 0.25) is 10.0 Å². The van der Waals surface area contributed by atoms with Crippen molar-refractivity contribution in [1.82, 2.24) is 4.90 Å². The first kappa shape index (κ1) is 29.3. The molecule has 2 aromatic rings. The van der Waals surface area contributed by atoms with Crippen molar-refractivity contribution < 1.29 is 42.4 Å². The number of carboxylic acids is 1. The minimum Gasteiger partial charge on any atom is -0.489 e. The number of nitrogens with one attached hydrogen (secondary N) is 1. The Labute approximate surface area is 214 Å². The SMILES string of the molecule is NC(=O)Nc1cc(Cl)ccc1OCC(O)CN1CCC(Oc2ccc(Cl)cc2)C1.O=C(O)C(F)(F)F. The van der Waals surface area contributed by atoms with Crippen molar-refractivity contribution in [3.8, 4) is 11.5 Å². The van der Waals surface area contributed by atoms with Gasteiger partial charge in [-0.15, -0.1) is 0 Å². The molecule has 2 unspecified atom stereocenters. The molecule has 5 N–H and O–H groups in total. The van der Waals surface area contributed by atoms with Crippen LogP contribution < -0.4 is 20.5 Å². The highest BCUT2D eigenvalue weighted by molar-refractivity contribution is 6.31. The molecule has 1 aliphatic heterocycles. The highest BCUT2D eigenvalue weighted by atomic mass is 35.5. The molecule has 1 aliphatic rings. The molecule has 2 amide bonds. The molecule has 9 nitrogen and oxygen atoms in total. The topological polar surface area (TPSA) is 134 Å². The van der Waals surface area contributed by atoms with E-state index in [1.165, 1.54) is 6.07 Å². The van der Waals surface area contributed by atoms with E-state index in [1.54, 1.807) is 24.3 Å². The number of alkyl halides is 3. The number of aliphatic carboxylic acids is 1. The Morgan fingerprint density at radius 3 is 2.36 bits per heavy atom. The summed E-state index contributed by atoms with van der Waals surface area (Å²) in [5, 5.41) is 21.0. The number of halogens is 5. The first-order chi connectivity index (χ1) is 16.8. The molecule has 2 aromatic carbocycles. The zero-order valence-corrected chi connectivity index (χ0v) is 20.2. The number of aliphatic hydroxyl groups excluding tert-OH is 1. The summed E-state index contributed by atoms with van der Waals surface area (Å²) in [5.41, 5.74) is 5.52. The van der Waals surface area contributed by atoms with Crippen LogP contribution in [0.5, 0.6) is 11.5 Å². The molecular formula is C22H24Cl2F3N3O6. The number of carbonyl (C=O) groups excluding carboxylic acids is 1. The summed E-state index contributed by atoms with van der Waals surface area (Å²) in [4.78, 5) is 22.1. The number of urea groups is 1. The third-order valence-corrected chi connectivity index (χ3v) is 5.17. The number of rotatable bonds is 8. The normalized spacial score (nSPS) is 16.4. The van der Waals surface area contributed by atoms with Crippen LogP contribution in [0, 0.1) is 0 Å². The Morgan fingerprint density at radius 1 is 1.17 bits per heavy atom. The number of anilines is 1. The van der Waals surface area contributed by atoms with Crippen LogP contribution in [0.25, 0.3) is 0 Å². The van der Waals surface area contributed by atoms with Gasteiger partial charge in [-0.3, -0.25) is 4.90 Å². The summed E-state index contributed by atoms with van der Waals surface area (Å²) in [7, 11) is 0. The van der Waals surface area contributed by atoms with Gasteiger partial charge in [0.2, 0.25) is 0 Å². The number of hydrogen-bond acceptors (Lipinski definition) is 6. The summed E-state index contributed by atoms with van der Waals surface area (Å²) in [6.45, 7) is 2.06. The summed E-state index contributed by atoms with van der Waals surface area (Å²) in [5.74, 6) is -1.59. The smallest absolute Gasteiger partial charge is 0.489 e. The van der Waals surface area contributed by atoms with Gasteiger partial charge in [0.15, 0.2) is 0 Å². The monoisotopic (exact) mass is 553 g/mol. The Bertz CT molecular complexity index is 1030. The standard InChI is InChI=1S/C20H23Cl2N3O4.C2HF3O2/c21-13-1-4-16(5-2-13)29-17-7-8-25(11-17)10-15(26)12-28-19-6-3-14(22)9-18(19)24-20(23)27;3-2(4,5)1(6)7/h1-6,9,15,17,26H,7-8,10-12H2,(H3,23,24,27);(H,6,7). The van der Waals surface area contributed by atoms with Gasteiger partial charge in [-0.05, 0) is 48.9 Å². The van der Waals surface area contributed by atoms with Crippen molar-refractivity contribution in [2.75, 3.05) is 31.6 Å². The molecule has 0 radical (unpaired) electrons. The highest BCUT2D eigenvalue weighted by Gasteiger charge is 2.38. The maximum atomic E-state index is 11.1. The lowest BCUT2D eigenvalue weighted by Crippen LogP contribution is -2.35. The van der Waals surface area contributed by atoms with Crippen LogP contribution in [0.4, 0.5) is 23.7 Å². The summed E-state index contributed by atoms with van der Waals surface area (Å²) >= 11 is 11.8. The lowest BCUT2D eigenvalue weighted by atomic mass is 10.3. The number of β-amino-alcohol motifs (C(OH)–C–C–N with tert-alkyl or cyclic N) is 1. The molecule has 1 heterocycles. The van der Waals surface area contributed by atoms with Gasteiger partial charge in [0.25, 0.3) is 0 Å². The third kappa shape index (κ3) is 10.4. The molecule has 1 saturated heterocycles. The molecule has 1 fully saturated rings. The van der Waals surface area contributed by atoms with Crippen LogP contribution in [0.1, 0.15) is 6.42 Å². The Morgan fingerprint density at radius 2 is 1.78 bits per heavy atom. The molecule has 0 bridgehead atoms. The number of nitrogens with two attached hydrogens (primary N) is 1. The van der Waals surface area contributed by atoms with Crippen molar-refractivity contribution in [3.63, 3.8) is 0 Å². The molecule has 36 heavy (non-hydrogen) atoms. The second kappa shape index (κ2) is 13.4. The van der Waals surface area contributed by atoms with Crippen molar-refractivity contribution in [1.29, 1.82) is 0 Å². The van der Waals surface area contributed by atoms with Crippen LogP contribution in [-0.4, -0.2) is 71.7 Å². The van der Waals surface area contributed by atoms with Gasteiger partial charge in [-0.2, -0.15) is 13.2 Å². The second-order valence-electron chi connectivity index (χ2n) is 7.64. The fourth-order valence-corrected chi connectivity index (χ4v) is 3.46. The van der Waals surface area contributed by atoms with E-state index in [0.29, 0.717) is 28.0 Å². The van der Waals surface area contributed by atoms with Gasteiger partial charge >= 0.3 is 18.2 Å². The number of likely N-dealkylation sites (tertiary alicyclic amines) is 1. The van der Waals surface area contributed by atoms with E-state index < -0.39 is 24.3 Å². The molecule has 0 spiro atoms. The Balaban J connectivity index is 0.000000572. The van der Waals surface area contributed by atoms with E-state index in [4.69, 9.17) is 48.3 Å². The van der Waals surface area contributed by atoms with E-state index in [0.717, 1.165) is 25.3 Å². The molecule has 0 saturated carbocycles. The van der Waals surface area contributed by atoms with Gasteiger partial charge in [0, 0.05) is 29.7 Å². The molecule has 0 aromatic heterocycles. The molecule has 3 rings (SSSR count). The van der Waals surface area contributed by atoms with E-state index in [-0.39, 0.29) is 12.7 Å². The number of hydrogen-bond donors (Lipinski definition) is 4. The second-order valence-corrected chi connectivity index (χ2v) is 8.51. The fourth-order valence-electron chi connectivity index (χ4n) is 3.16. The lowest BCUT2D eigenvalue weighted by molar-refractivity contribution is -0.192. The minimum absolute atomic E-state index is 0.0620. The lowest BCUT2D eigenvalue weighted by Gasteiger charge is -2.21. The summed E-state index contributed by atoms with van der Waals surface area (Å²) in [6, 6.07) is 11.3. The third-order valence-electron chi connectivity index (χ3n) is 4.69. The van der Waals surface area contributed by atoms with Crippen molar-refractivity contribution >= 4 is 40.9 Å². The van der Waals surface area contributed by atoms with E-state index >= 15 is 0 Å². The number of aliphatic hydroxyl groups is 1. The number of amides is 2. The molecule has 2 atom stereocenters. The zero-order chi connectivity index (χ0) is 26.9. The molecule has 198 valence electrons. The van der Waals surface area contributed by atoms with Gasteiger partial charge in [-0.25, -0.2) is 9.59 Å². The number of carbonyl (C=O) groups is 2. The first-order valence-corrected chi connectivity index (χ1v) is 11.2. The largest absolute Gasteiger partial charge is 0.490 e. The predicted molar refractivity (Wildman–Crippen MR) is 127 cm³/mol. The van der Waals surface area contributed by atoms with E-state index in [1.807, 2.05) is 12.1 Å². The summed E-state index contributed by atoms with van der Waals surface area (Å²) in [6.07, 6.45) is -4.85. The van der Waals surface area contributed by atoms with Crippen LogP contribution in [0.15, 0.2) is 42.5 Å². The molecular weight excluding hydrogens is 530 g/mol. The van der Waals surface area contributed by atoms with E-state index in [9.17, 15) is 23.1 Å². The van der Waals surface area contributed by atoms with Crippen LogP contribution in [0.3, 0.4) is 0 Å².